The second kappa shape index (κ2) is 4.09. The molecule has 0 atom stereocenters. The van der Waals surface area contributed by atoms with Crippen molar-refractivity contribution in [2.24, 2.45) is 11.1 Å². The molecule has 0 spiro atoms. The fraction of sp³-hybridized carbons (Fsp3) is 0.647. The van der Waals surface area contributed by atoms with Crippen LogP contribution in [0.3, 0.4) is 0 Å². The molecule has 0 heterocycles. The lowest BCUT2D eigenvalue weighted by Gasteiger charge is -2.53. The number of benzene rings is 1. The van der Waals surface area contributed by atoms with Crippen molar-refractivity contribution >= 4 is 0 Å². The van der Waals surface area contributed by atoms with Crippen LogP contribution in [0, 0.1) is 5.41 Å². The summed E-state index contributed by atoms with van der Waals surface area (Å²) >= 11 is 0. The van der Waals surface area contributed by atoms with Gasteiger partial charge in [0.05, 0.1) is 0 Å². The molecule has 1 aromatic carbocycles. The zero-order valence-electron chi connectivity index (χ0n) is 12.5. The lowest BCUT2D eigenvalue weighted by Crippen LogP contribution is -2.51. The smallest absolute Gasteiger partial charge is 0.00857 e. The van der Waals surface area contributed by atoms with Gasteiger partial charge in [-0.2, -0.15) is 0 Å². The largest absolute Gasteiger partial charge is 0.330 e. The van der Waals surface area contributed by atoms with Gasteiger partial charge in [0.2, 0.25) is 0 Å². The van der Waals surface area contributed by atoms with Gasteiger partial charge in [-0.3, -0.25) is 0 Å². The molecule has 100 valence electrons. The molecule has 0 radical (unpaired) electrons. The first-order valence-electron chi connectivity index (χ1n) is 7.00. The number of rotatable bonds is 2. The van der Waals surface area contributed by atoms with Crippen LogP contribution in [0.25, 0.3) is 0 Å². The fourth-order valence-corrected chi connectivity index (χ4v) is 3.57. The summed E-state index contributed by atoms with van der Waals surface area (Å²) in [7, 11) is 0. The Hall–Kier alpha value is -0.820. The monoisotopic (exact) mass is 245 g/mol. The highest BCUT2D eigenvalue weighted by atomic mass is 14.7. The molecule has 2 rings (SSSR count). The van der Waals surface area contributed by atoms with E-state index in [0.717, 1.165) is 6.54 Å². The molecular formula is C17H27N. The summed E-state index contributed by atoms with van der Waals surface area (Å²) in [6, 6.07) is 9.14. The topological polar surface area (TPSA) is 26.0 Å². The average molecular weight is 245 g/mol. The second-order valence-corrected chi connectivity index (χ2v) is 7.83. The van der Waals surface area contributed by atoms with E-state index in [1.807, 2.05) is 0 Å². The molecular weight excluding hydrogens is 218 g/mol. The lowest BCUT2D eigenvalue weighted by atomic mass is 9.52. The SMILES string of the molecule is CC1(C)CC(CN)(c2ccc(C(C)(C)C)cc2)C1. The van der Waals surface area contributed by atoms with Crippen LogP contribution < -0.4 is 5.73 Å². The molecule has 1 saturated carbocycles. The Bertz CT molecular complexity index is 412. The summed E-state index contributed by atoms with van der Waals surface area (Å²) in [6.45, 7) is 12.2. The van der Waals surface area contributed by atoms with Gasteiger partial charge in [0.25, 0.3) is 0 Å². The molecule has 2 N–H and O–H groups in total. The predicted octanol–water partition coefficient (Wildman–Crippen LogP) is 4.00. The highest BCUT2D eigenvalue weighted by Crippen LogP contribution is 2.54. The normalized spacial score (nSPS) is 21.4. The van der Waals surface area contributed by atoms with Crippen LogP contribution in [0.2, 0.25) is 0 Å². The Balaban J connectivity index is 2.25. The molecule has 0 amide bonds. The summed E-state index contributed by atoms with van der Waals surface area (Å²) < 4.78 is 0. The third-order valence-electron chi connectivity index (χ3n) is 4.39. The van der Waals surface area contributed by atoms with E-state index in [-0.39, 0.29) is 10.8 Å². The average Bonchev–Trinajstić information content (AvgIpc) is 2.24. The van der Waals surface area contributed by atoms with E-state index in [4.69, 9.17) is 5.73 Å². The molecule has 1 aromatic rings. The van der Waals surface area contributed by atoms with Gasteiger partial charge in [0.15, 0.2) is 0 Å². The van der Waals surface area contributed by atoms with Crippen LogP contribution in [-0.4, -0.2) is 6.54 Å². The van der Waals surface area contributed by atoms with Crippen molar-refractivity contribution in [3.63, 3.8) is 0 Å². The predicted molar refractivity (Wildman–Crippen MR) is 78.9 cm³/mol. The fourth-order valence-electron chi connectivity index (χ4n) is 3.57. The highest BCUT2D eigenvalue weighted by molar-refractivity contribution is 5.35. The van der Waals surface area contributed by atoms with Gasteiger partial charge in [-0.05, 0) is 34.8 Å². The summed E-state index contributed by atoms with van der Waals surface area (Å²) in [5, 5.41) is 0. The molecule has 0 aromatic heterocycles. The maximum atomic E-state index is 6.05. The van der Waals surface area contributed by atoms with Gasteiger partial charge in [0, 0.05) is 12.0 Å². The van der Waals surface area contributed by atoms with Gasteiger partial charge < -0.3 is 5.73 Å². The third kappa shape index (κ3) is 2.33. The Morgan fingerprint density at radius 3 is 1.89 bits per heavy atom. The Morgan fingerprint density at radius 2 is 1.56 bits per heavy atom. The van der Waals surface area contributed by atoms with Crippen LogP contribution in [0.1, 0.15) is 58.6 Å². The van der Waals surface area contributed by atoms with Gasteiger partial charge in [0.1, 0.15) is 0 Å². The standard InChI is InChI=1S/C17H27N/c1-15(2,3)13-6-8-14(9-7-13)17(12-18)10-16(4,5)11-17/h6-9H,10-12,18H2,1-5H3. The minimum atomic E-state index is 0.229. The van der Waals surface area contributed by atoms with E-state index in [1.165, 1.54) is 24.0 Å². The zero-order chi connectivity index (χ0) is 13.6. The maximum absolute atomic E-state index is 6.05. The second-order valence-electron chi connectivity index (χ2n) is 7.83. The van der Waals surface area contributed by atoms with E-state index < -0.39 is 0 Å². The van der Waals surface area contributed by atoms with E-state index in [2.05, 4.69) is 58.9 Å². The summed E-state index contributed by atoms with van der Waals surface area (Å²) in [5.74, 6) is 0. The minimum absolute atomic E-state index is 0.229. The Morgan fingerprint density at radius 1 is 1.06 bits per heavy atom. The van der Waals surface area contributed by atoms with E-state index in [9.17, 15) is 0 Å². The maximum Gasteiger partial charge on any atom is 0.00857 e. The summed E-state index contributed by atoms with van der Waals surface area (Å²) in [6.07, 6.45) is 2.43. The van der Waals surface area contributed by atoms with Crippen molar-refractivity contribution in [3.8, 4) is 0 Å². The third-order valence-corrected chi connectivity index (χ3v) is 4.39. The first-order valence-corrected chi connectivity index (χ1v) is 7.00. The minimum Gasteiger partial charge on any atom is -0.330 e. The zero-order valence-corrected chi connectivity index (χ0v) is 12.5. The molecule has 1 nitrogen and oxygen atoms in total. The quantitative estimate of drug-likeness (QED) is 0.837. The van der Waals surface area contributed by atoms with Crippen molar-refractivity contribution in [2.75, 3.05) is 6.54 Å². The number of nitrogens with two attached hydrogens (primary N) is 1. The van der Waals surface area contributed by atoms with E-state index >= 15 is 0 Å². The molecule has 0 unspecified atom stereocenters. The molecule has 1 aliphatic rings. The van der Waals surface area contributed by atoms with Crippen molar-refractivity contribution in [2.45, 2.75) is 58.3 Å². The highest BCUT2D eigenvalue weighted by Gasteiger charge is 2.49. The van der Waals surface area contributed by atoms with Crippen molar-refractivity contribution < 1.29 is 0 Å². The van der Waals surface area contributed by atoms with Gasteiger partial charge in [-0.1, -0.05) is 58.9 Å². The van der Waals surface area contributed by atoms with Gasteiger partial charge in [-0.25, -0.2) is 0 Å². The number of hydrogen-bond acceptors (Lipinski definition) is 1. The first-order chi connectivity index (χ1) is 8.19. The van der Waals surface area contributed by atoms with Crippen LogP contribution in [0.4, 0.5) is 0 Å². The molecule has 1 aliphatic carbocycles. The first kappa shape index (κ1) is 13.6. The molecule has 0 saturated heterocycles. The lowest BCUT2D eigenvalue weighted by molar-refractivity contribution is 0.0634. The van der Waals surface area contributed by atoms with Gasteiger partial charge in [-0.15, -0.1) is 0 Å². The van der Waals surface area contributed by atoms with Crippen molar-refractivity contribution in [1.82, 2.24) is 0 Å². The summed E-state index contributed by atoms with van der Waals surface area (Å²) in [5.41, 5.74) is 9.80. The molecule has 0 aliphatic heterocycles. The summed E-state index contributed by atoms with van der Waals surface area (Å²) in [4.78, 5) is 0. The van der Waals surface area contributed by atoms with E-state index in [1.54, 1.807) is 0 Å². The van der Waals surface area contributed by atoms with Gasteiger partial charge >= 0.3 is 0 Å². The molecule has 0 bridgehead atoms. The van der Waals surface area contributed by atoms with Crippen LogP contribution in [-0.2, 0) is 10.8 Å². The van der Waals surface area contributed by atoms with E-state index in [0.29, 0.717) is 5.41 Å². The van der Waals surface area contributed by atoms with Crippen LogP contribution in [0.15, 0.2) is 24.3 Å². The Kier molecular flexibility index (Phi) is 3.09. The molecule has 1 heteroatoms. The van der Waals surface area contributed by atoms with Crippen molar-refractivity contribution in [3.05, 3.63) is 35.4 Å². The molecule has 1 fully saturated rings. The number of hydrogen-bond donors (Lipinski definition) is 1. The van der Waals surface area contributed by atoms with Crippen LogP contribution >= 0.6 is 0 Å². The Labute approximate surface area is 112 Å². The molecule has 18 heavy (non-hydrogen) atoms. The van der Waals surface area contributed by atoms with Crippen LogP contribution in [0.5, 0.6) is 0 Å². The van der Waals surface area contributed by atoms with Crippen molar-refractivity contribution in [1.29, 1.82) is 0 Å².